The first-order valence-corrected chi connectivity index (χ1v) is 7.58. The van der Waals surface area contributed by atoms with E-state index in [0.29, 0.717) is 13.1 Å². The van der Waals surface area contributed by atoms with Crippen molar-refractivity contribution in [2.75, 3.05) is 26.2 Å². The fourth-order valence-corrected chi connectivity index (χ4v) is 3.35. The second-order valence-corrected chi connectivity index (χ2v) is 6.50. The van der Waals surface area contributed by atoms with Gasteiger partial charge in [0.05, 0.1) is 0 Å². The maximum atomic E-state index is 11.9. The SMILES string of the molecule is CC(O)C(=O)N1CCN(S(=O)(=O)NC2CC2)CC1. The number of rotatable bonds is 4. The summed E-state index contributed by atoms with van der Waals surface area (Å²) in [5.74, 6) is -0.345. The molecule has 8 heteroatoms. The Morgan fingerprint density at radius 3 is 2.28 bits per heavy atom. The number of amides is 1. The summed E-state index contributed by atoms with van der Waals surface area (Å²) >= 11 is 0. The van der Waals surface area contributed by atoms with E-state index in [1.54, 1.807) is 0 Å². The van der Waals surface area contributed by atoms with Crippen molar-refractivity contribution in [1.29, 1.82) is 0 Å². The lowest BCUT2D eigenvalue weighted by molar-refractivity contribution is -0.140. The Morgan fingerprint density at radius 2 is 1.83 bits per heavy atom. The van der Waals surface area contributed by atoms with E-state index in [2.05, 4.69) is 4.72 Å². The van der Waals surface area contributed by atoms with Gasteiger partial charge in [-0.15, -0.1) is 0 Å². The molecule has 0 aromatic rings. The summed E-state index contributed by atoms with van der Waals surface area (Å²) < 4.78 is 27.8. The Labute approximate surface area is 107 Å². The number of carbonyl (C=O) groups excluding carboxylic acids is 1. The molecule has 1 unspecified atom stereocenters. The van der Waals surface area contributed by atoms with Gasteiger partial charge in [-0.2, -0.15) is 17.4 Å². The minimum Gasteiger partial charge on any atom is -0.384 e. The minimum absolute atomic E-state index is 0.0899. The fourth-order valence-electron chi connectivity index (χ4n) is 1.90. The van der Waals surface area contributed by atoms with E-state index in [4.69, 9.17) is 0 Å². The molecular formula is C10H19N3O4S. The molecule has 1 atom stereocenters. The smallest absolute Gasteiger partial charge is 0.279 e. The summed E-state index contributed by atoms with van der Waals surface area (Å²) in [6.07, 6.45) is 0.775. The van der Waals surface area contributed by atoms with Crippen LogP contribution < -0.4 is 4.72 Å². The van der Waals surface area contributed by atoms with Crippen LogP contribution in [-0.4, -0.2) is 67.0 Å². The highest BCUT2D eigenvalue weighted by molar-refractivity contribution is 7.87. The van der Waals surface area contributed by atoms with Crippen molar-refractivity contribution in [3.8, 4) is 0 Å². The highest BCUT2D eigenvalue weighted by Crippen LogP contribution is 2.21. The van der Waals surface area contributed by atoms with E-state index in [0.717, 1.165) is 12.8 Å². The van der Waals surface area contributed by atoms with Gasteiger partial charge in [-0.25, -0.2) is 0 Å². The summed E-state index contributed by atoms with van der Waals surface area (Å²) in [5, 5.41) is 9.19. The van der Waals surface area contributed by atoms with Crippen molar-refractivity contribution in [2.45, 2.75) is 31.9 Å². The molecule has 2 fully saturated rings. The largest absolute Gasteiger partial charge is 0.384 e. The number of hydrogen-bond donors (Lipinski definition) is 2. The van der Waals surface area contributed by atoms with Gasteiger partial charge in [0.1, 0.15) is 6.10 Å². The Kier molecular flexibility index (Phi) is 3.90. The van der Waals surface area contributed by atoms with Crippen LogP contribution in [0.4, 0.5) is 0 Å². The molecule has 7 nitrogen and oxygen atoms in total. The van der Waals surface area contributed by atoms with Crippen molar-refractivity contribution in [3.63, 3.8) is 0 Å². The summed E-state index contributed by atoms with van der Waals surface area (Å²) in [4.78, 5) is 13.0. The monoisotopic (exact) mass is 277 g/mol. The van der Waals surface area contributed by atoms with Crippen molar-refractivity contribution < 1.29 is 18.3 Å². The molecule has 0 radical (unpaired) electrons. The van der Waals surface area contributed by atoms with Crippen molar-refractivity contribution >= 4 is 16.1 Å². The zero-order chi connectivity index (χ0) is 13.3. The highest BCUT2D eigenvalue weighted by Gasteiger charge is 2.34. The topological polar surface area (TPSA) is 90.0 Å². The Hall–Kier alpha value is -0.700. The van der Waals surface area contributed by atoms with Gasteiger partial charge < -0.3 is 10.0 Å². The van der Waals surface area contributed by atoms with Crippen molar-refractivity contribution in [1.82, 2.24) is 13.9 Å². The summed E-state index contributed by atoms with van der Waals surface area (Å²) in [6, 6.07) is 0.0899. The van der Waals surface area contributed by atoms with Crippen molar-refractivity contribution in [3.05, 3.63) is 0 Å². The number of aliphatic hydroxyl groups is 1. The second kappa shape index (κ2) is 5.12. The van der Waals surface area contributed by atoms with E-state index in [9.17, 15) is 18.3 Å². The van der Waals surface area contributed by atoms with E-state index in [1.165, 1.54) is 16.1 Å². The predicted molar refractivity (Wildman–Crippen MR) is 64.9 cm³/mol. The number of piperazine rings is 1. The normalized spacial score (nSPS) is 24.0. The summed E-state index contributed by atoms with van der Waals surface area (Å²) in [5.41, 5.74) is 0. The standard InChI is InChI=1S/C10H19N3O4S/c1-8(14)10(15)12-4-6-13(7-5-12)18(16,17)11-9-2-3-9/h8-9,11,14H,2-7H2,1H3. The molecule has 1 amide bonds. The van der Waals surface area contributed by atoms with Gasteiger partial charge in [-0.3, -0.25) is 4.79 Å². The van der Waals surface area contributed by atoms with Crippen LogP contribution in [0.5, 0.6) is 0 Å². The molecule has 2 rings (SSSR count). The molecular weight excluding hydrogens is 258 g/mol. The van der Waals surface area contributed by atoms with Gasteiger partial charge in [0.25, 0.3) is 16.1 Å². The Bertz CT molecular complexity index is 411. The fraction of sp³-hybridized carbons (Fsp3) is 0.900. The van der Waals surface area contributed by atoms with Crippen LogP contribution in [0.3, 0.4) is 0 Å². The average Bonchev–Trinajstić information content (AvgIpc) is 3.11. The molecule has 2 aliphatic rings. The molecule has 1 saturated heterocycles. The van der Waals surface area contributed by atoms with E-state index in [-0.39, 0.29) is 25.0 Å². The first-order valence-electron chi connectivity index (χ1n) is 6.14. The number of nitrogens with zero attached hydrogens (tertiary/aromatic N) is 2. The molecule has 0 bridgehead atoms. The number of hydrogen-bond acceptors (Lipinski definition) is 4. The number of carbonyl (C=O) groups is 1. The third-order valence-electron chi connectivity index (χ3n) is 3.14. The van der Waals surface area contributed by atoms with E-state index in [1.807, 2.05) is 0 Å². The average molecular weight is 277 g/mol. The Balaban J connectivity index is 1.87. The van der Waals surface area contributed by atoms with E-state index < -0.39 is 16.3 Å². The lowest BCUT2D eigenvalue weighted by Crippen LogP contribution is -2.54. The van der Waals surface area contributed by atoms with Gasteiger partial charge in [-0.1, -0.05) is 0 Å². The van der Waals surface area contributed by atoms with Crippen LogP contribution >= 0.6 is 0 Å². The summed E-state index contributed by atoms with van der Waals surface area (Å²) in [6.45, 7) is 2.63. The maximum absolute atomic E-state index is 11.9. The van der Waals surface area contributed by atoms with Crippen LogP contribution in [0.2, 0.25) is 0 Å². The van der Waals surface area contributed by atoms with E-state index >= 15 is 0 Å². The van der Waals surface area contributed by atoms with Crippen molar-refractivity contribution in [2.24, 2.45) is 0 Å². The molecule has 0 spiro atoms. The predicted octanol–water partition coefficient (Wildman–Crippen LogP) is -1.49. The quantitative estimate of drug-likeness (QED) is 0.655. The molecule has 1 aliphatic carbocycles. The first-order chi connectivity index (χ1) is 8.40. The van der Waals surface area contributed by atoms with Crippen LogP contribution in [0, 0.1) is 0 Å². The summed E-state index contributed by atoms with van der Waals surface area (Å²) in [7, 11) is -3.41. The highest BCUT2D eigenvalue weighted by atomic mass is 32.2. The zero-order valence-corrected chi connectivity index (χ0v) is 11.2. The van der Waals surface area contributed by atoms with Gasteiger partial charge in [0.2, 0.25) is 0 Å². The lowest BCUT2D eigenvalue weighted by atomic mass is 10.3. The van der Waals surface area contributed by atoms with Gasteiger partial charge in [-0.05, 0) is 19.8 Å². The third-order valence-corrected chi connectivity index (χ3v) is 4.82. The molecule has 104 valence electrons. The molecule has 18 heavy (non-hydrogen) atoms. The molecule has 0 aromatic carbocycles. The Morgan fingerprint density at radius 1 is 1.28 bits per heavy atom. The molecule has 2 N–H and O–H groups in total. The molecule has 1 saturated carbocycles. The maximum Gasteiger partial charge on any atom is 0.279 e. The first kappa shape index (κ1) is 13.7. The van der Waals surface area contributed by atoms with Crippen LogP contribution in [0.15, 0.2) is 0 Å². The van der Waals surface area contributed by atoms with Gasteiger partial charge in [0, 0.05) is 32.2 Å². The number of aliphatic hydroxyl groups excluding tert-OH is 1. The number of nitrogens with one attached hydrogen (secondary N) is 1. The zero-order valence-electron chi connectivity index (χ0n) is 10.4. The molecule has 0 aromatic heterocycles. The van der Waals surface area contributed by atoms with Gasteiger partial charge in [0.15, 0.2) is 0 Å². The van der Waals surface area contributed by atoms with Crippen LogP contribution in [0.1, 0.15) is 19.8 Å². The second-order valence-electron chi connectivity index (χ2n) is 4.80. The van der Waals surface area contributed by atoms with Crippen LogP contribution in [0.25, 0.3) is 0 Å². The molecule has 1 aliphatic heterocycles. The third kappa shape index (κ3) is 3.19. The minimum atomic E-state index is -3.41. The van der Waals surface area contributed by atoms with Crippen LogP contribution in [-0.2, 0) is 15.0 Å². The van der Waals surface area contributed by atoms with Gasteiger partial charge >= 0.3 is 0 Å². The lowest BCUT2D eigenvalue weighted by Gasteiger charge is -2.34. The molecule has 1 heterocycles.